The summed E-state index contributed by atoms with van der Waals surface area (Å²) in [5.41, 5.74) is -0.253. The highest BCUT2D eigenvalue weighted by atomic mass is 19.1. The number of para-hydroxylation sites is 1. The highest BCUT2D eigenvalue weighted by molar-refractivity contribution is 5.96. The van der Waals surface area contributed by atoms with Crippen LogP contribution in [0.15, 0.2) is 18.2 Å². The summed E-state index contributed by atoms with van der Waals surface area (Å²) in [5, 5.41) is 2.65. The van der Waals surface area contributed by atoms with Gasteiger partial charge in [-0.05, 0) is 26.0 Å². The van der Waals surface area contributed by atoms with Crippen molar-refractivity contribution in [3.05, 3.63) is 24.0 Å². The lowest BCUT2D eigenvalue weighted by Crippen LogP contribution is -2.33. The van der Waals surface area contributed by atoms with Crippen molar-refractivity contribution in [1.82, 2.24) is 0 Å². The predicted octanol–water partition coefficient (Wildman–Crippen LogP) is 2.18. The summed E-state index contributed by atoms with van der Waals surface area (Å²) in [4.78, 5) is 11.7. The Kier molecular flexibility index (Phi) is 2.14. The third-order valence-corrected chi connectivity index (χ3v) is 2.41. The molecule has 0 atom stereocenters. The molecule has 1 aliphatic heterocycles. The predicted molar refractivity (Wildman–Crippen MR) is 54.3 cm³/mol. The molecule has 0 aliphatic carbocycles. The number of ether oxygens (including phenoxy) is 1. The zero-order chi connectivity index (χ0) is 11.1. The molecule has 0 aromatic heterocycles. The summed E-state index contributed by atoms with van der Waals surface area (Å²) in [6, 6.07) is 4.47. The fraction of sp³-hybridized carbons (Fsp3) is 0.364. The molecule has 0 saturated carbocycles. The van der Waals surface area contributed by atoms with Gasteiger partial charge >= 0.3 is 0 Å². The van der Waals surface area contributed by atoms with Crippen molar-refractivity contribution in [1.29, 1.82) is 0 Å². The van der Waals surface area contributed by atoms with E-state index < -0.39 is 11.2 Å². The van der Waals surface area contributed by atoms with Crippen molar-refractivity contribution < 1.29 is 13.9 Å². The first-order chi connectivity index (χ1) is 7.00. The molecule has 1 heterocycles. The maximum Gasteiger partial charge on any atom is 0.233 e. The molecule has 1 aliphatic rings. The van der Waals surface area contributed by atoms with Gasteiger partial charge in [0.2, 0.25) is 5.91 Å². The molecule has 1 aromatic carbocycles. The first-order valence-electron chi connectivity index (χ1n) is 4.73. The lowest BCUT2D eigenvalue weighted by atomic mass is 9.94. The van der Waals surface area contributed by atoms with Crippen LogP contribution in [0.2, 0.25) is 0 Å². The van der Waals surface area contributed by atoms with E-state index in [9.17, 15) is 9.18 Å². The number of nitrogens with one attached hydrogen (secondary N) is 1. The van der Waals surface area contributed by atoms with E-state index in [4.69, 9.17) is 4.74 Å². The van der Waals surface area contributed by atoms with Crippen LogP contribution in [0.3, 0.4) is 0 Å². The molecule has 80 valence electrons. The van der Waals surface area contributed by atoms with Crippen molar-refractivity contribution in [3.63, 3.8) is 0 Å². The average molecular weight is 209 g/mol. The van der Waals surface area contributed by atoms with Crippen molar-refractivity contribution in [2.24, 2.45) is 5.41 Å². The molecule has 1 aromatic rings. The van der Waals surface area contributed by atoms with E-state index in [1.807, 2.05) is 0 Å². The van der Waals surface area contributed by atoms with E-state index in [1.54, 1.807) is 19.9 Å². The van der Waals surface area contributed by atoms with Crippen LogP contribution in [0.25, 0.3) is 0 Å². The lowest BCUT2D eigenvalue weighted by molar-refractivity contribution is -0.124. The Bertz CT molecular complexity index is 415. The molecular formula is C11H12FNO2. The number of carbonyl (C=O) groups is 1. The Morgan fingerprint density at radius 2 is 2.20 bits per heavy atom. The molecule has 0 saturated heterocycles. The number of carbonyl (C=O) groups excluding carboxylic acids is 1. The van der Waals surface area contributed by atoms with Crippen molar-refractivity contribution in [3.8, 4) is 5.75 Å². The molecule has 0 bridgehead atoms. The molecule has 15 heavy (non-hydrogen) atoms. The monoisotopic (exact) mass is 209 g/mol. The number of amides is 1. The van der Waals surface area contributed by atoms with Crippen LogP contribution in [0, 0.1) is 11.2 Å². The fourth-order valence-electron chi connectivity index (χ4n) is 1.36. The first kappa shape index (κ1) is 9.96. The van der Waals surface area contributed by atoms with E-state index in [0.717, 1.165) is 0 Å². The van der Waals surface area contributed by atoms with Crippen LogP contribution in [0.1, 0.15) is 13.8 Å². The summed E-state index contributed by atoms with van der Waals surface area (Å²) in [5.74, 6) is -0.492. The maximum absolute atomic E-state index is 13.4. The molecule has 3 nitrogen and oxygen atoms in total. The average Bonchev–Trinajstić information content (AvgIpc) is 2.26. The Morgan fingerprint density at radius 1 is 1.47 bits per heavy atom. The van der Waals surface area contributed by atoms with Crippen molar-refractivity contribution in [2.75, 3.05) is 11.9 Å². The summed E-state index contributed by atoms with van der Waals surface area (Å²) in [6.07, 6.45) is 0. The number of rotatable bonds is 0. The second-order valence-electron chi connectivity index (χ2n) is 4.24. The lowest BCUT2D eigenvalue weighted by Gasteiger charge is -2.18. The number of hydrogen-bond donors (Lipinski definition) is 1. The smallest absolute Gasteiger partial charge is 0.233 e. The second-order valence-corrected chi connectivity index (χ2v) is 4.24. The van der Waals surface area contributed by atoms with Gasteiger partial charge < -0.3 is 10.1 Å². The minimum Gasteiger partial charge on any atom is -0.487 e. The molecule has 0 unspecified atom stereocenters. The SMILES string of the molecule is CC1(C)COc2c(F)cccc2NC1=O. The van der Waals surface area contributed by atoms with Gasteiger partial charge in [-0.2, -0.15) is 0 Å². The maximum atomic E-state index is 13.4. The van der Waals surface area contributed by atoms with Gasteiger partial charge in [0.25, 0.3) is 0 Å². The van der Waals surface area contributed by atoms with Gasteiger partial charge in [-0.15, -0.1) is 0 Å². The Morgan fingerprint density at radius 3 is 2.93 bits per heavy atom. The van der Waals surface area contributed by atoms with Gasteiger partial charge in [-0.3, -0.25) is 4.79 Å². The van der Waals surface area contributed by atoms with E-state index in [2.05, 4.69) is 5.32 Å². The highest BCUT2D eigenvalue weighted by Crippen LogP contribution is 2.33. The second kappa shape index (κ2) is 3.22. The summed E-state index contributed by atoms with van der Waals surface area (Å²) < 4.78 is 18.7. The Hall–Kier alpha value is -1.58. The first-order valence-corrected chi connectivity index (χ1v) is 4.73. The van der Waals surface area contributed by atoms with Gasteiger partial charge in [-0.25, -0.2) is 4.39 Å². The van der Waals surface area contributed by atoms with E-state index >= 15 is 0 Å². The van der Waals surface area contributed by atoms with Crippen LogP contribution in [-0.4, -0.2) is 12.5 Å². The van der Waals surface area contributed by atoms with Crippen LogP contribution in [0.4, 0.5) is 10.1 Å². The molecule has 1 amide bonds. The molecule has 0 spiro atoms. The quantitative estimate of drug-likeness (QED) is 0.711. The van der Waals surface area contributed by atoms with Crippen LogP contribution in [-0.2, 0) is 4.79 Å². The zero-order valence-corrected chi connectivity index (χ0v) is 8.63. The van der Waals surface area contributed by atoms with Gasteiger partial charge in [0.1, 0.15) is 6.61 Å². The third kappa shape index (κ3) is 1.67. The summed E-state index contributed by atoms with van der Waals surface area (Å²) in [7, 11) is 0. The van der Waals surface area contributed by atoms with Gasteiger partial charge in [-0.1, -0.05) is 6.07 Å². The minimum atomic E-state index is -0.647. The summed E-state index contributed by atoms with van der Waals surface area (Å²) in [6.45, 7) is 3.69. The number of benzene rings is 1. The third-order valence-electron chi connectivity index (χ3n) is 2.41. The number of halogens is 1. The normalized spacial score (nSPS) is 18.5. The Balaban J connectivity index is 2.44. The van der Waals surface area contributed by atoms with Gasteiger partial charge in [0.15, 0.2) is 11.6 Å². The summed E-state index contributed by atoms with van der Waals surface area (Å²) >= 11 is 0. The van der Waals surface area contributed by atoms with E-state index in [0.29, 0.717) is 5.69 Å². The zero-order valence-electron chi connectivity index (χ0n) is 8.63. The van der Waals surface area contributed by atoms with E-state index in [1.165, 1.54) is 12.1 Å². The molecule has 2 rings (SSSR count). The van der Waals surface area contributed by atoms with Crippen LogP contribution >= 0.6 is 0 Å². The van der Waals surface area contributed by atoms with Crippen LogP contribution < -0.4 is 10.1 Å². The van der Waals surface area contributed by atoms with Gasteiger partial charge in [0, 0.05) is 0 Å². The number of fused-ring (bicyclic) bond motifs is 1. The minimum absolute atomic E-state index is 0.122. The van der Waals surface area contributed by atoms with Crippen molar-refractivity contribution in [2.45, 2.75) is 13.8 Å². The standard InChI is InChI=1S/C11H12FNO2/c1-11(2)6-15-9-7(12)4-3-5-8(9)13-10(11)14/h3-5H,6H2,1-2H3,(H,13,14). The van der Waals surface area contributed by atoms with Crippen molar-refractivity contribution >= 4 is 11.6 Å². The fourth-order valence-corrected chi connectivity index (χ4v) is 1.36. The molecule has 0 fully saturated rings. The molecule has 1 N–H and O–H groups in total. The van der Waals surface area contributed by atoms with Crippen LogP contribution in [0.5, 0.6) is 5.75 Å². The topological polar surface area (TPSA) is 38.3 Å². The number of anilines is 1. The molecular weight excluding hydrogens is 197 g/mol. The Labute approximate surface area is 87.2 Å². The largest absolute Gasteiger partial charge is 0.487 e. The highest BCUT2D eigenvalue weighted by Gasteiger charge is 2.33. The molecule has 0 radical (unpaired) electrons. The van der Waals surface area contributed by atoms with E-state index in [-0.39, 0.29) is 18.3 Å². The number of hydrogen-bond acceptors (Lipinski definition) is 2. The van der Waals surface area contributed by atoms with Gasteiger partial charge in [0.05, 0.1) is 11.1 Å². The molecule has 4 heteroatoms.